The molecule has 0 unspecified atom stereocenters. The first-order chi connectivity index (χ1) is 12.3. The lowest BCUT2D eigenvalue weighted by Gasteiger charge is -2.19. The Morgan fingerprint density at radius 2 is 1.85 bits per heavy atom. The summed E-state index contributed by atoms with van der Waals surface area (Å²) < 4.78 is 37.1. The van der Waals surface area contributed by atoms with Crippen LogP contribution in [0.4, 0.5) is 13.6 Å². The Balaban J connectivity index is 1.86. The number of aromatic carboxylic acids is 1. The van der Waals surface area contributed by atoms with E-state index in [2.05, 4.69) is 4.74 Å². The van der Waals surface area contributed by atoms with Crippen LogP contribution in [0.3, 0.4) is 0 Å². The van der Waals surface area contributed by atoms with E-state index in [1.54, 1.807) is 30.3 Å². The number of nitrogens with one attached hydrogen (secondary N) is 1. The van der Waals surface area contributed by atoms with Crippen LogP contribution in [0, 0.1) is 6.92 Å². The minimum absolute atomic E-state index is 0.0409. The van der Waals surface area contributed by atoms with Crippen molar-refractivity contribution >= 4 is 12.1 Å². The standard InChI is InChI=1S/C18H17F2NO5/c1-12-9-14(16(22)23)7-8-15(12)26-18(19,20)11-21-17(24)25-10-13-5-3-2-4-6-13/h2-9H,10-11H2,1H3,(H,21,24)(H,22,23). The van der Waals surface area contributed by atoms with Gasteiger partial charge < -0.3 is 19.9 Å². The van der Waals surface area contributed by atoms with Crippen molar-refractivity contribution in [2.75, 3.05) is 6.54 Å². The number of carbonyl (C=O) groups excluding carboxylic acids is 1. The van der Waals surface area contributed by atoms with Crippen molar-refractivity contribution in [3.63, 3.8) is 0 Å². The van der Waals surface area contributed by atoms with Crippen molar-refractivity contribution in [1.82, 2.24) is 5.32 Å². The number of amides is 1. The summed E-state index contributed by atoms with van der Waals surface area (Å²) in [6.45, 7) is 0.301. The maximum Gasteiger partial charge on any atom is 0.415 e. The van der Waals surface area contributed by atoms with Gasteiger partial charge in [-0.2, -0.15) is 8.78 Å². The number of aryl methyl sites for hydroxylation is 1. The summed E-state index contributed by atoms with van der Waals surface area (Å²) >= 11 is 0. The Hall–Kier alpha value is -3.16. The van der Waals surface area contributed by atoms with Crippen LogP contribution < -0.4 is 10.1 Å². The van der Waals surface area contributed by atoms with E-state index in [9.17, 15) is 18.4 Å². The molecule has 8 heteroatoms. The summed E-state index contributed by atoms with van der Waals surface area (Å²) in [4.78, 5) is 22.4. The molecule has 0 saturated carbocycles. The highest BCUT2D eigenvalue weighted by Gasteiger charge is 2.33. The number of carboxylic acid groups (broad SMARTS) is 1. The Morgan fingerprint density at radius 3 is 2.46 bits per heavy atom. The zero-order chi connectivity index (χ0) is 19.2. The fourth-order valence-electron chi connectivity index (χ4n) is 2.04. The molecular weight excluding hydrogens is 348 g/mol. The van der Waals surface area contributed by atoms with Crippen LogP contribution in [0.2, 0.25) is 0 Å². The maximum atomic E-state index is 13.9. The van der Waals surface area contributed by atoms with Crippen molar-refractivity contribution in [3.05, 3.63) is 65.2 Å². The van der Waals surface area contributed by atoms with Crippen LogP contribution >= 0.6 is 0 Å². The minimum atomic E-state index is -3.69. The SMILES string of the molecule is Cc1cc(C(=O)O)ccc1OC(F)(F)CNC(=O)OCc1ccccc1. The molecule has 0 bridgehead atoms. The highest BCUT2D eigenvalue weighted by molar-refractivity contribution is 5.88. The van der Waals surface area contributed by atoms with E-state index in [0.717, 1.165) is 17.7 Å². The average molecular weight is 365 g/mol. The Morgan fingerprint density at radius 1 is 1.15 bits per heavy atom. The Bertz CT molecular complexity index is 780. The third kappa shape index (κ3) is 5.73. The van der Waals surface area contributed by atoms with E-state index in [0.29, 0.717) is 0 Å². The zero-order valence-electron chi connectivity index (χ0n) is 13.9. The molecule has 6 nitrogen and oxygen atoms in total. The summed E-state index contributed by atoms with van der Waals surface area (Å²) in [5.74, 6) is -1.35. The molecule has 2 N–H and O–H groups in total. The number of hydrogen-bond donors (Lipinski definition) is 2. The van der Waals surface area contributed by atoms with E-state index >= 15 is 0 Å². The van der Waals surface area contributed by atoms with Gasteiger partial charge in [0.1, 0.15) is 18.9 Å². The lowest BCUT2D eigenvalue weighted by molar-refractivity contribution is -0.170. The topological polar surface area (TPSA) is 84.9 Å². The van der Waals surface area contributed by atoms with Crippen LogP contribution in [0.25, 0.3) is 0 Å². The van der Waals surface area contributed by atoms with Crippen LogP contribution in [-0.2, 0) is 11.3 Å². The van der Waals surface area contributed by atoms with Crippen molar-refractivity contribution in [2.24, 2.45) is 0 Å². The van der Waals surface area contributed by atoms with E-state index in [1.165, 1.54) is 13.0 Å². The smallest absolute Gasteiger partial charge is 0.415 e. The third-order valence-corrected chi connectivity index (χ3v) is 3.33. The lowest BCUT2D eigenvalue weighted by Crippen LogP contribution is -2.40. The first-order valence-corrected chi connectivity index (χ1v) is 7.62. The molecule has 0 heterocycles. The van der Waals surface area contributed by atoms with Crippen LogP contribution in [-0.4, -0.2) is 29.8 Å². The van der Waals surface area contributed by atoms with Gasteiger partial charge in [-0.15, -0.1) is 0 Å². The van der Waals surface area contributed by atoms with Gasteiger partial charge in [0.15, 0.2) is 0 Å². The van der Waals surface area contributed by atoms with E-state index in [-0.39, 0.29) is 23.5 Å². The van der Waals surface area contributed by atoms with E-state index in [1.807, 2.05) is 5.32 Å². The largest absolute Gasteiger partial charge is 0.478 e. The van der Waals surface area contributed by atoms with Gasteiger partial charge in [0.25, 0.3) is 0 Å². The van der Waals surface area contributed by atoms with Gasteiger partial charge >= 0.3 is 18.2 Å². The number of benzene rings is 2. The first-order valence-electron chi connectivity index (χ1n) is 7.62. The van der Waals surface area contributed by atoms with Crippen molar-refractivity contribution in [3.8, 4) is 5.75 Å². The average Bonchev–Trinajstić information content (AvgIpc) is 2.60. The van der Waals surface area contributed by atoms with Crippen molar-refractivity contribution < 1.29 is 33.0 Å². The molecule has 138 valence electrons. The van der Waals surface area contributed by atoms with E-state index in [4.69, 9.17) is 9.84 Å². The van der Waals surface area contributed by atoms with Gasteiger partial charge in [0.05, 0.1) is 5.56 Å². The summed E-state index contributed by atoms with van der Waals surface area (Å²) in [5.41, 5.74) is 0.914. The van der Waals surface area contributed by atoms with Crippen LogP contribution in [0.1, 0.15) is 21.5 Å². The normalized spacial score (nSPS) is 10.9. The van der Waals surface area contributed by atoms with Gasteiger partial charge in [0, 0.05) is 0 Å². The number of hydrogen-bond acceptors (Lipinski definition) is 4. The molecule has 0 aromatic heterocycles. The zero-order valence-corrected chi connectivity index (χ0v) is 13.9. The quantitative estimate of drug-likeness (QED) is 0.783. The van der Waals surface area contributed by atoms with Gasteiger partial charge in [0.2, 0.25) is 0 Å². The summed E-state index contributed by atoms with van der Waals surface area (Å²) in [7, 11) is 0. The summed E-state index contributed by atoms with van der Waals surface area (Å²) in [5, 5.41) is 10.8. The maximum absolute atomic E-state index is 13.9. The molecule has 0 aliphatic heterocycles. The highest BCUT2D eigenvalue weighted by atomic mass is 19.3. The molecule has 0 spiro atoms. The molecule has 0 fully saturated rings. The molecule has 0 aliphatic carbocycles. The fourth-order valence-corrected chi connectivity index (χ4v) is 2.04. The van der Waals surface area contributed by atoms with Gasteiger partial charge in [-0.3, -0.25) is 0 Å². The number of carboxylic acids is 1. The number of ether oxygens (including phenoxy) is 2. The monoisotopic (exact) mass is 365 g/mol. The number of alkyl halides is 2. The predicted molar refractivity (Wildman–Crippen MR) is 88.3 cm³/mol. The molecule has 2 rings (SSSR count). The van der Waals surface area contributed by atoms with Gasteiger partial charge in [-0.25, -0.2) is 9.59 Å². The minimum Gasteiger partial charge on any atom is -0.478 e. The van der Waals surface area contributed by atoms with Gasteiger partial charge in [-0.1, -0.05) is 30.3 Å². The molecule has 0 atom stereocenters. The molecule has 2 aromatic carbocycles. The third-order valence-electron chi connectivity index (χ3n) is 3.33. The summed E-state index contributed by atoms with van der Waals surface area (Å²) in [6, 6.07) is 12.3. The van der Waals surface area contributed by atoms with E-state index < -0.39 is 24.7 Å². The molecule has 0 radical (unpaired) electrons. The number of alkyl carbamates (subject to hydrolysis) is 1. The second-order valence-corrected chi connectivity index (χ2v) is 5.44. The first kappa shape index (κ1) is 19.2. The van der Waals surface area contributed by atoms with Crippen LogP contribution in [0.5, 0.6) is 5.75 Å². The second-order valence-electron chi connectivity index (χ2n) is 5.44. The number of halogens is 2. The van der Waals surface area contributed by atoms with Crippen LogP contribution in [0.15, 0.2) is 48.5 Å². The van der Waals surface area contributed by atoms with Gasteiger partial charge in [-0.05, 0) is 36.2 Å². The molecule has 1 amide bonds. The second kappa shape index (κ2) is 8.28. The molecule has 26 heavy (non-hydrogen) atoms. The molecule has 2 aromatic rings. The Kier molecular flexibility index (Phi) is 6.11. The predicted octanol–water partition coefficient (Wildman–Crippen LogP) is 3.59. The molecule has 0 saturated heterocycles. The lowest BCUT2D eigenvalue weighted by atomic mass is 10.1. The molecule has 0 aliphatic rings. The summed E-state index contributed by atoms with van der Waals surface area (Å²) in [6.07, 6.45) is -4.70. The number of carbonyl (C=O) groups is 2. The van der Waals surface area contributed by atoms with Crippen molar-refractivity contribution in [1.29, 1.82) is 0 Å². The highest BCUT2D eigenvalue weighted by Crippen LogP contribution is 2.25. The number of rotatable bonds is 7. The van der Waals surface area contributed by atoms with Crippen molar-refractivity contribution in [2.45, 2.75) is 19.6 Å². The molecular formula is C18H17F2NO5. The fraction of sp³-hybridized carbons (Fsp3) is 0.222. The Labute approximate surface area is 148 Å².